The van der Waals surface area contributed by atoms with E-state index in [0.717, 1.165) is 25.0 Å². The van der Waals surface area contributed by atoms with Gasteiger partial charge in [0.05, 0.1) is 0 Å². The van der Waals surface area contributed by atoms with Gasteiger partial charge in [-0.25, -0.2) is 0 Å². The Hall–Kier alpha value is -1.63. The van der Waals surface area contributed by atoms with Gasteiger partial charge < -0.3 is 14.6 Å². The van der Waals surface area contributed by atoms with Crippen LogP contribution in [0.3, 0.4) is 0 Å². The molecule has 0 saturated carbocycles. The molecule has 3 rings (SSSR count). The lowest BCUT2D eigenvalue weighted by atomic mass is 10.1. The summed E-state index contributed by atoms with van der Waals surface area (Å²) in [6.07, 6.45) is 2.26. The number of carbonyl (C=O) groups is 1. The Balaban J connectivity index is 1.53. The third-order valence-corrected chi connectivity index (χ3v) is 4.65. The van der Waals surface area contributed by atoms with E-state index in [1.807, 2.05) is 0 Å². The van der Waals surface area contributed by atoms with Crippen molar-refractivity contribution < 1.29 is 14.1 Å². The number of rotatable bonds is 5. The predicted octanol–water partition coefficient (Wildman–Crippen LogP) is 3.51. The Bertz CT molecular complexity index is 719. The summed E-state index contributed by atoms with van der Waals surface area (Å²) in [4.78, 5) is 16.5. The van der Waals surface area contributed by atoms with Crippen molar-refractivity contribution >= 4 is 29.1 Å². The molecule has 24 heavy (non-hydrogen) atoms. The average molecular weight is 370 g/mol. The van der Waals surface area contributed by atoms with Crippen LogP contribution >= 0.6 is 23.2 Å². The van der Waals surface area contributed by atoms with E-state index < -0.39 is 0 Å². The molecule has 0 bridgehead atoms. The quantitative estimate of drug-likeness (QED) is 0.872. The van der Waals surface area contributed by atoms with Gasteiger partial charge in [-0.2, -0.15) is 4.98 Å². The van der Waals surface area contributed by atoms with Gasteiger partial charge in [0.2, 0.25) is 0 Å². The Kier molecular flexibility index (Phi) is 5.38. The topological polar surface area (TPSA) is 77.2 Å². The molecule has 1 amide bonds. The molecule has 1 aliphatic heterocycles. The molecule has 1 saturated heterocycles. The Morgan fingerprint density at radius 2 is 2.12 bits per heavy atom. The fourth-order valence-corrected chi connectivity index (χ4v) is 2.93. The first-order chi connectivity index (χ1) is 11.5. The maximum atomic E-state index is 12.2. The number of ether oxygens (including phenoxy) is 1. The SMILES string of the molecule is Cc1c(Cl)cc(C(=O)NCCc2noc(C3CCCO3)n2)cc1Cl. The van der Waals surface area contributed by atoms with Crippen LogP contribution in [0.2, 0.25) is 10.0 Å². The first-order valence-corrected chi connectivity index (χ1v) is 8.48. The van der Waals surface area contributed by atoms with Gasteiger partial charge in [0.1, 0.15) is 6.10 Å². The summed E-state index contributed by atoms with van der Waals surface area (Å²) in [7, 11) is 0. The first-order valence-electron chi connectivity index (χ1n) is 7.72. The van der Waals surface area contributed by atoms with Crippen molar-refractivity contribution in [2.24, 2.45) is 0 Å². The van der Waals surface area contributed by atoms with Crippen LogP contribution in [0.5, 0.6) is 0 Å². The average Bonchev–Trinajstić information content (AvgIpc) is 3.23. The molecule has 0 spiro atoms. The van der Waals surface area contributed by atoms with Gasteiger partial charge in [0.15, 0.2) is 5.82 Å². The van der Waals surface area contributed by atoms with Crippen LogP contribution in [0.1, 0.15) is 46.6 Å². The number of carbonyl (C=O) groups excluding carboxylic acids is 1. The molecule has 1 aromatic carbocycles. The van der Waals surface area contributed by atoms with E-state index in [-0.39, 0.29) is 12.0 Å². The lowest BCUT2D eigenvalue weighted by molar-refractivity contribution is 0.0835. The van der Waals surface area contributed by atoms with Crippen LogP contribution in [-0.4, -0.2) is 29.2 Å². The zero-order valence-corrected chi connectivity index (χ0v) is 14.7. The Morgan fingerprint density at radius 3 is 2.79 bits per heavy atom. The maximum Gasteiger partial charge on any atom is 0.255 e. The van der Waals surface area contributed by atoms with E-state index in [9.17, 15) is 4.79 Å². The number of hydrogen-bond donors (Lipinski definition) is 1. The lowest BCUT2D eigenvalue weighted by Crippen LogP contribution is -2.26. The van der Waals surface area contributed by atoms with Gasteiger partial charge in [-0.1, -0.05) is 28.4 Å². The van der Waals surface area contributed by atoms with E-state index in [0.29, 0.717) is 40.3 Å². The van der Waals surface area contributed by atoms with Crippen molar-refractivity contribution in [2.75, 3.05) is 13.2 Å². The number of aromatic nitrogens is 2. The zero-order valence-electron chi connectivity index (χ0n) is 13.1. The lowest BCUT2D eigenvalue weighted by Gasteiger charge is -2.07. The minimum Gasteiger partial charge on any atom is -0.368 e. The van der Waals surface area contributed by atoms with Crippen LogP contribution in [0.25, 0.3) is 0 Å². The number of halogens is 2. The molecular formula is C16H17Cl2N3O3. The zero-order chi connectivity index (χ0) is 17.1. The van der Waals surface area contributed by atoms with Crippen LogP contribution in [-0.2, 0) is 11.2 Å². The van der Waals surface area contributed by atoms with Crippen molar-refractivity contribution in [3.8, 4) is 0 Å². The summed E-state index contributed by atoms with van der Waals surface area (Å²) < 4.78 is 10.7. The van der Waals surface area contributed by atoms with Crippen molar-refractivity contribution in [3.05, 3.63) is 45.0 Å². The third kappa shape index (κ3) is 3.88. The first kappa shape index (κ1) is 17.2. The third-order valence-electron chi connectivity index (χ3n) is 3.87. The van der Waals surface area contributed by atoms with E-state index >= 15 is 0 Å². The second-order valence-corrected chi connectivity index (χ2v) is 6.44. The molecular weight excluding hydrogens is 353 g/mol. The largest absolute Gasteiger partial charge is 0.368 e. The van der Waals surface area contributed by atoms with Crippen LogP contribution in [0.4, 0.5) is 0 Å². The number of hydrogen-bond acceptors (Lipinski definition) is 5. The van der Waals surface area contributed by atoms with Crippen LogP contribution < -0.4 is 5.32 Å². The minimum atomic E-state index is -0.248. The summed E-state index contributed by atoms with van der Waals surface area (Å²) in [6.45, 7) is 2.90. The molecule has 6 nitrogen and oxygen atoms in total. The molecule has 0 aliphatic carbocycles. The summed E-state index contributed by atoms with van der Waals surface area (Å²) in [5.74, 6) is 0.799. The fraction of sp³-hybridized carbons (Fsp3) is 0.438. The highest BCUT2D eigenvalue weighted by Gasteiger charge is 2.23. The minimum absolute atomic E-state index is 0.0994. The highest BCUT2D eigenvalue weighted by molar-refractivity contribution is 6.36. The number of amides is 1. The maximum absolute atomic E-state index is 12.2. The Labute approximate surface area is 149 Å². The second-order valence-electron chi connectivity index (χ2n) is 5.62. The van der Waals surface area contributed by atoms with Crippen molar-refractivity contribution in [3.63, 3.8) is 0 Å². The number of benzene rings is 1. The highest BCUT2D eigenvalue weighted by atomic mass is 35.5. The second kappa shape index (κ2) is 7.51. The molecule has 8 heteroatoms. The molecule has 1 N–H and O–H groups in total. The van der Waals surface area contributed by atoms with E-state index in [1.54, 1.807) is 19.1 Å². The van der Waals surface area contributed by atoms with E-state index in [2.05, 4.69) is 15.5 Å². The van der Waals surface area contributed by atoms with Crippen molar-refractivity contribution in [1.29, 1.82) is 0 Å². The van der Waals surface area contributed by atoms with Crippen LogP contribution in [0.15, 0.2) is 16.7 Å². The van der Waals surface area contributed by atoms with Gasteiger partial charge in [0.25, 0.3) is 11.8 Å². The summed E-state index contributed by atoms with van der Waals surface area (Å²) in [6, 6.07) is 3.20. The molecule has 1 aromatic heterocycles. The Morgan fingerprint density at radius 1 is 1.38 bits per heavy atom. The normalized spacial score (nSPS) is 17.2. The molecule has 1 fully saturated rings. The molecule has 1 aliphatic rings. The van der Waals surface area contributed by atoms with Crippen LogP contribution in [0, 0.1) is 6.92 Å². The van der Waals surface area contributed by atoms with Gasteiger partial charge in [-0.05, 0) is 37.5 Å². The monoisotopic (exact) mass is 369 g/mol. The summed E-state index contributed by atoms with van der Waals surface area (Å²) in [5.41, 5.74) is 1.17. The number of nitrogens with zero attached hydrogens (tertiary/aromatic N) is 2. The summed E-state index contributed by atoms with van der Waals surface area (Å²) >= 11 is 12.1. The van der Waals surface area contributed by atoms with Gasteiger partial charge >= 0.3 is 0 Å². The predicted molar refractivity (Wildman–Crippen MR) is 89.5 cm³/mol. The van der Waals surface area contributed by atoms with Crippen molar-refractivity contribution in [2.45, 2.75) is 32.3 Å². The van der Waals surface area contributed by atoms with Gasteiger partial charge in [-0.3, -0.25) is 4.79 Å². The summed E-state index contributed by atoms with van der Waals surface area (Å²) in [5, 5.41) is 7.63. The number of nitrogens with one attached hydrogen (secondary N) is 1. The molecule has 1 atom stereocenters. The van der Waals surface area contributed by atoms with Crippen molar-refractivity contribution in [1.82, 2.24) is 15.5 Å². The van der Waals surface area contributed by atoms with E-state index in [1.165, 1.54) is 0 Å². The molecule has 2 aromatic rings. The molecule has 1 unspecified atom stereocenters. The van der Waals surface area contributed by atoms with Gasteiger partial charge in [-0.15, -0.1) is 0 Å². The fourth-order valence-electron chi connectivity index (χ4n) is 2.44. The van der Waals surface area contributed by atoms with Gasteiger partial charge in [0, 0.05) is 35.2 Å². The standard InChI is InChI=1S/C16H17Cl2N3O3/c1-9-11(17)7-10(8-12(9)18)15(22)19-5-4-14-20-16(24-21-14)13-3-2-6-23-13/h7-8,13H,2-6H2,1H3,(H,19,22). The molecule has 0 radical (unpaired) electrons. The molecule has 128 valence electrons. The highest BCUT2D eigenvalue weighted by Crippen LogP contribution is 2.27. The van der Waals surface area contributed by atoms with E-state index in [4.69, 9.17) is 32.5 Å². The smallest absolute Gasteiger partial charge is 0.255 e. The molecule has 2 heterocycles.